The van der Waals surface area contributed by atoms with Crippen molar-refractivity contribution in [2.75, 3.05) is 20.3 Å². The van der Waals surface area contributed by atoms with E-state index in [0.29, 0.717) is 17.2 Å². The number of hydrogen-bond donors (Lipinski definition) is 1. The SMILES string of the molecule is COc1cccc(C(=O)NC(c2nccn2C)C2CCOCC2)c1. The molecule has 6 heteroatoms. The van der Waals surface area contributed by atoms with Crippen LogP contribution in [0.4, 0.5) is 0 Å². The third kappa shape index (κ3) is 3.59. The molecule has 2 aromatic rings. The van der Waals surface area contributed by atoms with Crippen molar-refractivity contribution in [3.63, 3.8) is 0 Å². The first-order chi connectivity index (χ1) is 11.7. The van der Waals surface area contributed by atoms with E-state index in [-0.39, 0.29) is 11.9 Å². The molecule has 1 aromatic carbocycles. The van der Waals surface area contributed by atoms with Crippen LogP contribution in [0, 0.1) is 5.92 Å². The topological polar surface area (TPSA) is 65.4 Å². The molecular weight excluding hydrogens is 306 g/mol. The predicted molar refractivity (Wildman–Crippen MR) is 90.0 cm³/mol. The van der Waals surface area contributed by atoms with Gasteiger partial charge in [-0.2, -0.15) is 0 Å². The molecule has 0 spiro atoms. The third-order valence-electron chi connectivity index (χ3n) is 4.49. The van der Waals surface area contributed by atoms with Crippen molar-refractivity contribution in [3.05, 3.63) is 48.0 Å². The van der Waals surface area contributed by atoms with Crippen molar-refractivity contribution in [1.82, 2.24) is 14.9 Å². The lowest BCUT2D eigenvalue weighted by atomic mass is 9.90. The molecule has 1 aliphatic heterocycles. The number of imidazole rings is 1. The van der Waals surface area contributed by atoms with Crippen molar-refractivity contribution in [2.45, 2.75) is 18.9 Å². The molecule has 6 nitrogen and oxygen atoms in total. The van der Waals surface area contributed by atoms with Crippen molar-refractivity contribution in [2.24, 2.45) is 13.0 Å². The van der Waals surface area contributed by atoms with Crippen LogP contribution in [0.25, 0.3) is 0 Å². The second-order valence-electron chi connectivity index (χ2n) is 6.03. The minimum atomic E-state index is -0.132. The average molecular weight is 329 g/mol. The fraction of sp³-hybridized carbons (Fsp3) is 0.444. The number of benzene rings is 1. The van der Waals surface area contributed by atoms with E-state index in [1.807, 2.05) is 29.9 Å². The molecule has 1 fully saturated rings. The highest BCUT2D eigenvalue weighted by molar-refractivity contribution is 5.94. The standard InChI is InChI=1S/C18H23N3O3/c1-21-9-8-19-17(21)16(13-6-10-24-11-7-13)20-18(22)14-4-3-5-15(12-14)23-2/h3-5,8-9,12-13,16H,6-7,10-11H2,1-2H3,(H,20,22). The largest absolute Gasteiger partial charge is 0.497 e. The summed E-state index contributed by atoms with van der Waals surface area (Å²) in [5.74, 6) is 1.74. The van der Waals surface area contributed by atoms with Gasteiger partial charge in [0.1, 0.15) is 11.6 Å². The van der Waals surface area contributed by atoms with E-state index >= 15 is 0 Å². The fourth-order valence-electron chi connectivity index (χ4n) is 3.11. The minimum absolute atomic E-state index is 0.117. The monoisotopic (exact) mass is 329 g/mol. The Kier molecular flexibility index (Phi) is 5.15. The number of hydrogen-bond acceptors (Lipinski definition) is 4. The Labute approximate surface area is 141 Å². The minimum Gasteiger partial charge on any atom is -0.497 e. The van der Waals surface area contributed by atoms with Gasteiger partial charge in [-0.3, -0.25) is 4.79 Å². The molecule has 3 rings (SSSR count). The molecule has 1 amide bonds. The number of nitrogens with zero attached hydrogens (tertiary/aromatic N) is 2. The second kappa shape index (κ2) is 7.49. The molecule has 0 aliphatic carbocycles. The van der Waals surface area contributed by atoms with Gasteiger partial charge < -0.3 is 19.4 Å². The Hall–Kier alpha value is -2.34. The number of amides is 1. The lowest BCUT2D eigenvalue weighted by Crippen LogP contribution is -2.37. The summed E-state index contributed by atoms with van der Waals surface area (Å²) in [6.45, 7) is 1.45. The Morgan fingerprint density at radius 2 is 2.21 bits per heavy atom. The van der Waals surface area contributed by atoms with Crippen LogP contribution in [-0.4, -0.2) is 35.8 Å². The number of ether oxygens (including phenoxy) is 2. The number of carbonyl (C=O) groups excluding carboxylic acids is 1. The van der Waals surface area contributed by atoms with Gasteiger partial charge in [-0.25, -0.2) is 4.98 Å². The quantitative estimate of drug-likeness (QED) is 0.914. The number of rotatable bonds is 5. The van der Waals surface area contributed by atoms with Gasteiger partial charge >= 0.3 is 0 Å². The molecule has 1 aromatic heterocycles. The molecule has 128 valence electrons. The maximum atomic E-state index is 12.7. The van der Waals surface area contributed by atoms with E-state index in [1.54, 1.807) is 25.4 Å². The first kappa shape index (κ1) is 16.5. The van der Waals surface area contributed by atoms with Crippen LogP contribution in [0.5, 0.6) is 5.75 Å². The van der Waals surface area contributed by atoms with Gasteiger partial charge in [0.2, 0.25) is 0 Å². The van der Waals surface area contributed by atoms with E-state index < -0.39 is 0 Å². The summed E-state index contributed by atoms with van der Waals surface area (Å²) < 4.78 is 12.6. The Morgan fingerprint density at radius 3 is 2.88 bits per heavy atom. The highest BCUT2D eigenvalue weighted by atomic mass is 16.5. The summed E-state index contributed by atoms with van der Waals surface area (Å²) >= 11 is 0. The highest BCUT2D eigenvalue weighted by Crippen LogP contribution is 2.29. The van der Waals surface area contributed by atoms with Gasteiger partial charge in [0.25, 0.3) is 5.91 Å². The van der Waals surface area contributed by atoms with E-state index in [0.717, 1.165) is 31.9 Å². The summed E-state index contributed by atoms with van der Waals surface area (Å²) in [7, 11) is 3.54. The lowest BCUT2D eigenvalue weighted by molar-refractivity contribution is 0.0499. The Bertz CT molecular complexity index is 692. The summed E-state index contributed by atoms with van der Waals surface area (Å²) in [5, 5.41) is 3.16. The molecule has 0 saturated carbocycles. The normalized spacial score (nSPS) is 16.6. The fourth-order valence-corrected chi connectivity index (χ4v) is 3.11. The van der Waals surface area contributed by atoms with Crippen LogP contribution in [0.15, 0.2) is 36.7 Å². The number of nitrogens with one attached hydrogen (secondary N) is 1. The van der Waals surface area contributed by atoms with Crippen LogP contribution < -0.4 is 10.1 Å². The molecule has 24 heavy (non-hydrogen) atoms. The number of aryl methyl sites for hydroxylation is 1. The zero-order chi connectivity index (χ0) is 16.9. The molecule has 1 aliphatic rings. The predicted octanol–water partition coefficient (Wildman–Crippen LogP) is 2.33. The van der Waals surface area contributed by atoms with Gasteiger partial charge in [0, 0.05) is 38.2 Å². The smallest absolute Gasteiger partial charge is 0.252 e. The van der Waals surface area contributed by atoms with E-state index in [4.69, 9.17) is 9.47 Å². The van der Waals surface area contributed by atoms with Crippen LogP contribution in [0.2, 0.25) is 0 Å². The van der Waals surface area contributed by atoms with Crippen LogP contribution >= 0.6 is 0 Å². The van der Waals surface area contributed by atoms with Crippen molar-refractivity contribution < 1.29 is 14.3 Å². The molecule has 2 heterocycles. The first-order valence-corrected chi connectivity index (χ1v) is 8.19. The molecular formula is C18H23N3O3. The molecule has 1 atom stereocenters. The molecule has 1 N–H and O–H groups in total. The van der Waals surface area contributed by atoms with Crippen LogP contribution in [0.1, 0.15) is 35.1 Å². The van der Waals surface area contributed by atoms with Gasteiger partial charge in [0.15, 0.2) is 0 Å². The maximum Gasteiger partial charge on any atom is 0.252 e. The van der Waals surface area contributed by atoms with E-state index in [1.165, 1.54) is 0 Å². The number of carbonyl (C=O) groups is 1. The lowest BCUT2D eigenvalue weighted by Gasteiger charge is -2.30. The van der Waals surface area contributed by atoms with Gasteiger partial charge in [0.05, 0.1) is 13.2 Å². The summed E-state index contributed by atoms with van der Waals surface area (Å²) in [6, 6.07) is 7.04. The van der Waals surface area contributed by atoms with Gasteiger partial charge in [-0.15, -0.1) is 0 Å². The maximum absolute atomic E-state index is 12.7. The third-order valence-corrected chi connectivity index (χ3v) is 4.49. The van der Waals surface area contributed by atoms with E-state index in [9.17, 15) is 4.79 Å². The average Bonchev–Trinajstić information content (AvgIpc) is 3.06. The summed E-state index contributed by atoms with van der Waals surface area (Å²) in [5.41, 5.74) is 0.584. The summed E-state index contributed by atoms with van der Waals surface area (Å²) in [4.78, 5) is 17.2. The van der Waals surface area contributed by atoms with Crippen molar-refractivity contribution in [3.8, 4) is 5.75 Å². The molecule has 0 bridgehead atoms. The molecule has 0 radical (unpaired) electrons. The van der Waals surface area contributed by atoms with Crippen molar-refractivity contribution >= 4 is 5.91 Å². The molecule has 1 saturated heterocycles. The highest BCUT2D eigenvalue weighted by Gasteiger charge is 2.29. The molecule has 1 unspecified atom stereocenters. The Balaban J connectivity index is 1.83. The zero-order valence-electron chi connectivity index (χ0n) is 14.1. The number of methoxy groups -OCH3 is 1. The summed E-state index contributed by atoms with van der Waals surface area (Å²) in [6.07, 6.45) is 5.49. The van der Waals surface area contributed by atoms with Crippen molar-refractivity contribution in [1.29, 1.82) is 0 Å². The zero-order valence-corrected chi connectivity index (χ0v) is 14.1. The van der Waals surface area contributed by atoms with Gasteiger partial charge in [-0.1, -0.05) is 6.07 Å². The first-order valence-electron chi connectivity index (χ1n) is 8.19. The van der Waals surface area contributed by atoms with Gasteiger partial charge in [-0.05, 0) is 37.0 Å². The number of aromatic nitrogens is 2. The van der Waals surface area contributed by atoms with E-state index in [2.05, 4.69) is 10.3 Å². The second-order valence-corrected chi connectivity index (χ2v) is 6.03. The Morgan fingerprint density at radius 1 is 1.42 bits per heavy atom. The van der Waals surface area contributed by atoms with Crippen LogP contribution in [0.3, 0.4) is 0 Å². The van der Waals surface area contributed by atoms with Crippen LogP contribution in [-0.2, 0) is 11.8 Å².